The molecule has 0 aliphatic heterocycles. The Morgan fingerprint density at radius 1 is 1.30 bits per heavy atom. The molecule has 0 radical (unpaired) electrons. The van der Waals surface area contributed by atoms with Crippen molar-refractivity contribution in [1.82, 2.24) is 10.3 Å². The summed E-state index contributed by atoms with van der Waals surface area (Å²) in [6.07, 6.45) is 9.66. The predicted octanol–water partition coefficient (Wildman–Crippen LogP) is 4.27. The number of benzene rings is 1. The van der Waals surface area contributed by atoms with Gasteiger partial charge in [0.05, 0.1) is 5.54 Å². The van der Waals surface area contributed by atoms with Crippen LogP contribution in [0.2, 0.25) is 0 Å². The Bertz CT molecular complexity index is 940. The number of nitriles is 1. The van der Waals surface area contributed by atoms with Crippen molar-refractivity contribution in [3.05, 3.63) is 72.1 Å². The normalized spacial score (nSPS) is 12.9. The number of carbonyl (C=O) groups is 1. The van der Waals surface area contributed by atoms with Gasteiger partial charge in [0.15, 0.2) is 6.19 Å². The summed E-state index contributed by atoms with van der Waals surface area (Å²) in [6.45, 7) is 5.85. The van der Waals surface area contributed by atoms with Crippen LogP contribution in [-0.4, -0.2) is 27.6 Å². The van der Waals surface area contributed by atoms with E-state index in [1.54, 1.807) is 12.3 Å². The molecule has 7 nitrogen and oxygen atoms in total. The van der Waals surface area contributed by atoms with E-state index in [0.29, 0.717) is 12.4 Å². The molecule has 1 aromatic heterocycles. The summed E-state index contributed by atoms with van der Waals surface area (Å²) in [6, 6.07) is 11.8. The van der Waals surface area contributed by atoms with Crippen molar-refractivity contribution in [2.75, 3.05) is 5.32 Å². The third-order valence-electron chi connectivity index (χ3n) is 4.14. The minimum Gasteiger partial charge on any atom is -0.478 e. The average molecular weight is 406 g/mol. The molecule has 2 rings (SSSR count). The number of pyridine rings is 1. The maximum atomic E-state index is 10.7. The number of aliphatic carboxylic acids is 1. The molecule has 0 fully saturated rings. The topological polar surface area (TPSA) is 110 Å². The average Bonchev–Trinajstić information content (AvgIpc) is 2.67. The molecular weight excluding hydrogens is 378 g/mol. The third-order valence-corrected chi connectivity index (χ3v) is 4.14. The van der Waals surface area contributed by atoms with Gasteiger partial charge in [-0.2, -0.15) is 5.26 Å². The van der Waals surface area contributed by atoms with E-state index in [9.17, 15) is 4.79 Å². The molecule has 2 aromatic rings. The molecular formula is C23H27N5O2. The van der Waals surface area contributed by atoms with E-state index in [0.717, 1.165) is 23.2 Å². The lowest BCUT2D eigenvalue weighted by atomic mass is 9.88. The van der Waals surface area contributed by atoms with Crippen molar-refractivity contribution in [3.8, 4) is 6.19 Å². The van der Waals surface area contributed by atoms with E-state index < -0.39 is 5.97 Å². The summed E-state index contributed by atoms with van der Waals surface area (Å²) in [5.74, 6) is -0.523. The second-order valence-corrected chi connectivity index (χ2v) is 7.78. The highest BCUT2D eigenvalue weighted by Gasteiger charge is 2.15. The van der Waals surface area contributed by atoms with Crippen LogP contribution in [0.1, 0.15) is 50.7 Å². The highest BCUT2D eigenvalue weighted by atomic mass is 16.4. The number of anilines is 1. The van der Waals surface area contributed by atoms with Crippen molar-refractivity contribution in [1.29, 1.82) is 5.26 Å². The maximum absolute atomic E-state index is 10.7. The van der Waals surface area contributed by atoms with Gasteiger partial charge >= 0.3 is 5.97 Å². The molecule has 0 aliphatic rings. The van der Waals surface area contributed by atoms with Gasteiger partial charge < -0.3 is 10.4 Å². The molecule has 0 spiro atoms. The van der Waals surface area contributed by atoms with Crippen LogP contribution in [0.25, 0.3) is 0 Å². The SMILES string of the molecule is CC(C)(C)N=C(NC#N)Nc1cccc(C(CC/C=C/C(=O)O)c2cccnc2)c1. The molecule has 1 heterocycles. The van der Waals surface area contributed by atoms with Gasteiger partial charge in [-0.25, -0.2) is 9.79 Å². The first-order valence-corrected chi connectivity index (χ1v) is 9.70. The van der Waals surface area contributed by atoms with E-state index in [1.807, 2.05) is 69.6 Å². The van der Waals surface area contributed by atoms with E-state index in [4.69, 9.17) is 10.4 Å². The molecule has 30 heavy (non-hydrogen) atoms. The molecule has 156 valence electrons. The molecule has 0 aliphatic carbocycles. The van der Waals surface area contributed by atoms with Crippen molar-refractivity contribution < 1.29 is 9.90 Å². The first-order valence-electron chi connectivity index (χ1n) is 9.70. The van der Waals surface area contributed by atoms with E-state index in [2.05, 4.69) is 20.6 Å². The lowest BCUT2D eigenvalue weighted by Gasteiger charge is -2.19. The summed E-state index contributed by atoms with van der Waals surface area (Å²) in [7, 11) is 0. The van der Waals surface area contributed by atoms with Gasteiger partial charge in [0.1, 0.15) is 0 Å². The number of hydrogen-bond donors (Lipinski definition) is 3. The van der Waals surface area contributed by atoms with Gasteiger partial charge in [0.2, 0.25) is 5.96 Å². The van der Waals surface area contributed by atoms with Crippen LogP contribution in [0.4, 0.5) is 5.69 Å². The Balaban J connectivity index is 2.30. The first-order chi connectivity index (χ1) is 14.3. The standard InChI is InChI=1S/C23H27N5O2/c1-23(2,3)28-22(26-16-24)27-19-10-6-8-17(14-19)20(11-4-5-12-21(29)30)18-9-7-13-25-15-18/h5-10,12-15,20H,4,11H2,1-3H3,(H,29,30)(H2,26,27,28)/b12-5+. The van der Waals surface area contributed by atoms with Crippen LogP contribution in [-0.2, 0) is 4.79 Å². The second kappa shape index (κ2) is 10.8. The zero-order valence-corrected chi connectivity index (χ0v) is 17.5. The number of guanidine groups is 1. The summed E-state index contributed by atoms with van der Waals surface area (Å²) in [5.41, 5.74) is 2.56. The zero-order chi connectivity index (χ0) is 22.0. The molecule has 0 bridgehead atoms. The Morgan fingerprint density at radius 3 is 2.70 bits per heavy atom. The number of hydrogen-bond acceptors (Lipinski definition) is 4. The van der Waals surface area contributed by atoms with Gasteiger partial charge in [-0.3, -0.25) is 10.3 Å². The number of rotatable bonds is 7. The fraction of sp³-hybridized carbons (Fsp3) is 0.304. The van der Waals surface area contributed by atoms with Crippen molar-refractivity contribution >= 4 is 17.6 Å². The highest BCUT2D eigenvalue weighted by molar-refractivity contribution is 5.94. The molecule has 0 amide bonds. The molecule has 0 saturated heterocycles. The van der Waals surface area contributed by atoms with Gasteiger partial charge in [0, 0.05) is 30.1 Å². The van der Waals surface area contributed by atoms with Gasteiger partial charge in [-0.1, -0.05) is 24.3 Å². The zero-order valence-electron chi connectivity index (χ0n) is 17.5. The smallest absolute Gasteiger partial charge is 0.327 e. The number of nitrogens with one attached hydrogen (secondary N) is 2. The van der Waals surface area contributed by atoms with Crippen LogP contribution in [0.5, 0.6) is 0 Å². The summed E-state index contributed by atoms with van der Waals surface area (Å²) < 4.78 is 0. The molecule has 1 aromatic carbocycles. The Kier molecular flexibility index (Phi) is 8.12. The largest absolute Gasteiger partial charge is 0.478 e. The third kappa shape index (κ3) is 7.76. The van der Waals surface area contributed by atoms with Crippen molar-refractivity contribution in [3.63, 3.8) is 0 Å². The van der Waals surface area contributed by atoms with Crippen LogP contribution < -0.4 is 10.6 Å². The summed E-state index contributed by atoms with van der Waals surface area (Å²) >= 11 is 0. The van der Waals surface area contributed by atoms with Crippen LogP contribution >= 0.6 is 0 Å². The molecule has 1 unspecified atom stereocenters. The van der Waals surface area contributed by atoms with Gasteiger partial charge in [-0.05, 0) is 62.9 Å². The molecule has 1 atom stereocenters. The van der Waals surface area contributed by atoms with E-state index in [-0.39, 0.29) is 11.5 Å². The monoisotopic (exact) mass is 405 g/mol. The van der Waals surface area contributed by atoms with Crippen LogP contribution in [0, 0.1) is 11.5 Å². The lowest BCUT2D eigenvalue weighted by molar-refractivity contribution is -0.131. The highest BCUT2D eigenvalue weighted by Crippen LogP contribution is 2.30. The van der Waals surface area contributed by atoms with E-state index >= 15 is 0 Å². The quantitative estimate of drug-likeness (QED) is 0.209. The maximum Gasteiger partial charge on any atom is 0.327 e. The predicted molar refractivity (Wildman–Crippen MR) is 118 cm³/mol. The Morgan fingerprint density at radius 2 is 2.07 bits per heavy atom. The number of aliphatic imine (C=N–C) groups is 1. The van der Waals surface area contributed by atoms with Crippen LogP contribution in [0.15, 0.2) is 65.9 Å². The lowest BCUT2D eigenvalue weighted by Crippen LogP contribution is -2.30. The second-order valence-electron chi connectivity index (χ2n) is 7.78. The molecule has 7 heteroatoms. The molecule has 3 N–H and O–H groups in total. The Hall–Kier alpha value is -3.66. The molecule has 0 saturated carbocycles. The number of carboxylic acids is 1. The van der Waals surface area contributed by atoms with E-state index in [1.165, 1.54) is 6.08 Å². The van der Waals surface area contributed by atoms with Gasteiger partial charge in [-0.15, -0.1) is 0 Å². The van der Waals surface area contributed by atoms with Crippen LogP contribution in [0.3, 0.4) is 0 Å². The minimum atomic E-state index is -0.949. The number of nitrogens with zero attached hydrogens (tertiary/aromatic N) is 3. The fourth-order valence-electron chi connectivity index (χ4n) is 3.00. The number of aromatic nitrogens is 1. The first kappa shape index (κ1) is 22.6. The van der Waals surface area contributed by atoms with Crippen molar-refractivity contribution in [2.24, 2.45) is 4.99 Å². The van der Waals surface area contributed by atoms with Gasteiger partial charge in [0.25, 0.3) is 0 Å². The fourth-order valence-corrected chi connectivity index (χ4v) is 3.00. The number of allylic oxidation sites excluding steroid dienone is 1. The summed E-state index contributed by atoms with van der Waals surface area (Å²) in [4.78, 5) is 19.5. The summed E-state index contributed by atoms with van der Waals surface area (Å²) in [5, 5.41) is 23.6. The Labute approximate surface area is 177 Å². The van der Waals surface area contributed by atoms with Crippen molar-refractivity contribution in [2.45, 2.75) is 45.1 Å². The minimum absolute atomic E-state index is 0.0471. The number of carboxylic acid groups (broad SMARTS) is 1.